The van der Waals surface area contributed by atoms with E-state index in [1.54, 1.807) is 0 Å². The van der Waals surface area contributed by atoms with E-state index >= 15 is 0 Å². The van der Waals surface area contributed by atoms with Gasteiger partial charge in [0, 0.05) is 0 Å². The average Bonchev–Trinajstić information content (AvgIpc) is 4.01. The number of aromatic nitrogens is 1. The number of fused-ring (bicyclic) bond motifs is 11. The van der Waals surface area contributed by atoms with Crippen LogP contribution in [0.25, 0.3) is 105 Å². The summed E-state index contributed by atoms with van der Waals surface area (Å²) in [6.07, 6.45) is 0. The van der Waals surface area contributed by atoms with Gasteiger partial charge in [0.05, 0.1) is 6.07 Å². The van der Waals surface area contributed by atoms with Crippen molar-refractivity contribution in [3.8, 4) is 73.5 Å². The monoisotopic (exact) mass is 1090 g/mol. The van der Waals surface area contributed by atoms with Crippen molar-refractivity contribution in [2.45, 2.75) is 0 Å². The number of hydrogen-bond donors (Lipinski definition) is 0. The molecule has 0 bridgehead atoms. The Labute approximate surface area is 474 Å². The van der Waals surface area contributed by atoms with Crippen LogP contribution in [-0.2, 0) is 0 Å². The predicted octanol–water partition coefficient (Wildman–Crippen LogP) is 15.0. The van der Waals surface area contributed by atoms with Crippen LogP contribution in [0, 0.1) is 22.7 Å². The van der Waals surface area contributed by atoms with E-state index in [0.29, 0.717) is 11.1 Å². The zero-order valence-electron chi connectivity index (χ0n) is 43.5. The molecule has 0 saturated carbocycles. The second-order valence-corrected chi connectivity index (χ2v) is 23.1. The number of para-hydroxylation sites is 2. The van der Waals surface area contributed by atoms with Crippen molar-refractivity contribution < 1.29 is 4.42 Å². The van der Waals surface area contributed by atoms with Crippen LogP contribution < -0.4 is 30.2 Å². The second kappa shape index (κ2) is 18.6. The standard InChI is InChI=1S/C74H43BN4OSe/c76-44-46-33-38-65-61(39-46)58-27-12-13-31-64(58)78(65)54-34-36-62-66(43-54)79(72-56(48-19-6-2-7-20-48)28-15-29-57(72)49-21-8-3-9-22-49)67-41-53(51-25-14-24-50(40-51)47-17-4-1-5-18-47)42-69-71(67)75(62)63-37-35-60-70-59(55-26-11-10-23-52(55)45-77)30-16-32-68(70)80-73(60)74(63)81-69/h1-43H. The fourth-order valence-electron chi connectivity index (χ4n) is 13.0. The van der Waals surface area contributed by atoms with Crippen molar-refractivity contribution in [3.05, 3.63) is 272 Å². The van der Waals surface area contributed by atoms with E-state index in [0.717, 1.165) is 117 Å². The maximum absolute atomic E-state index is 10.3. The molecule has 16 rings (SSSR count). The van der Waals surface area contributed by atoms with Crippen LogP contribution in [0.2, 0.25) is 0 Å². The Morgan fingerprint density at radius 2 is 1.05 bits per heavy atom. The minimum absolute atomic E-state index is 0.164. The molecule has 0 unspecified atom stereocenters. The molecule has 7 heteroatoms. The molecule has 0 aliphatic carbocycles. The number of furan rings is 1. The topological polar surface area (TPSA) is 68.9 Å². The van der Waals surface area contributed by atoms with Crippen molar-refractivity contribution in [2.75, 3.05) is 4.90 Å². The van der Waals surface area contributed by atoms with Crippen LogP contribution >= 0.6 is 0 Å². The van der Waals surface area contributed by atoms with Gasteiger partial charge in [0.2, 0.25) is 0 Å². The number of anilines is 3. The molecule has 0 N–H and O–H groups in total. The van der Waals surface area contributed by atoms with Gasteiger partial charge in [-0.2, -0.15) is 5.26 Å². The molecule has 2 aromatic heterocycles. The predicted molar refractivity (Wildman–Crippen MR) is 335 cm³/mol. The van der Waals surface area contributed by atoms with Gasteiger partial charge in [-0.05, 0) is 0 Å². The molecule has 81 heavy (non-hydrogen) atoms. The summed E-state index contributed by atoms with van der Waals surface area (Å²) in [5.74, 6) is 0. The SMILES string of the molecule is N#Cc1ccc2c(c1)c1ccccc1n2-c1ccc2c(c1)N(c1c(-c3ccccc3)cccc1-c1ccccc1)c1cc(-c3cccc(-c4ccccc4)c3)cc3c1B2c1ccc2c(oc4cccc(-c5ccccc5C#N)c42)c1[Se]3. The van der Waals surface area contributed by atoms with Gasteiger partial charge < -0.3 is 0 Å². The van der Waals surface area contributed by atoms with Gasteiger partial charge >= 0.3 is 466 Å². The first-order valence-electron chi connectivity index (χ1n) is 27.2. The van der Waals surface area contributed by atoms with E-state index in [9.17, 15) is 10.5 Å². The molecule has 0 atom stereocenters. The summed E-state index contributed by atoms with van der Waals surface area (Å²) in [4.78, 5) is 2.60. The summed E-state index contributed by atoms with van der Waals surface area (Å²) < 4.78 is 12.1. The van der Waals surface area contributed by atoms with Crippen LogP contribution in [0.1, 0.15) is 11.1 Å². The summed E-state index contributed by atoms with van der Waals surface area (Å²) in [6, 6.07) is 98.3. The molecule has 2 aliphatic heterocycles. The van der Waals surface area contributed by atoms with Gasteiger partial charge in [-0.1, -0.05) is 0 Å². The molecule has 14 aromatic rings. The summed E-state index contributed by atoms with van der Waals surface area (Å²) in [7, 11) is 0. The molecule has 0 radical (unpaired) electrons. The van der Waals surface area contributed by atoms with Crippen LogP contribution in [-0.4, -0.2) is 26.2 Å². The molecular formula is C74H43BN4OSe. The quantitative estimate of drug-likeness (QED) is 0.149. The third-order valence-corrected chi connectivity index (χ3v) is 19.0. The Morgan fingerprint density at radius 3 is 1.81 bits per heavy atom. The fourth-order valence-corrected chi connectivity index (χ4v) is 15.7. The first-order valence-corrected chi connectivity index (χ1v) is 28.9. The Morgan fingerprint density at radius 1 is 0.420 bits per heavy atom. The molecule has 2 aliphatic rings. The molecule has 5 nitrogen and oxygen atoms in total. The Hall–Kier alpha value is -10.4. The number of benzene rings is 12. The van der Waals surface area contributed by atoms with Crippen LogP contribution in [0.5, 0.6) is 0 Å². The summed E-state index contributed by atoms with van der Waals surface area (Å²) in [5, 5.41) is 24.7. The first-order chi connectivity index (χ1) is 40.1. The average molecular weight is 1090 g/mol. The zero-order valence-corrected chi connectivity index (χ0v) is 45.2. The van der Waals surface area contributed by atoms with E-state index in [2.05, 4.69) is 240 Å². The number of rotatable bonds is 7. The Kier molecular flexibility index (Phi) is 10.7. The Bertz CT molecular complexity index is 4950. The number of nitrogens with zero attached hydrogens (tertiary/aromatic N) is 4. The van der Waals surface area contributed by atoms with Gasteiger partial charge in [-0.3, -0.25) is 0 Å². The van der Waals surface area contributed by atoms with Gasteiger partial charge in [-0.25, -0.2) is 0 Å². The minimum atomic E-state index is -0.226. The zero-order chi connectivity index (χ0) is 53.7. The molecule has 0 saturated heterocycles. The maximum atomic E-state index is 10.3. The van der Waals surface area contributed by atoms with Crippen molar-refractivity contribution >= 4 is 108 Å². The summed E-state index contributed by atoms with van der Waals surface area (Å²) in [5.41, 5.74) is 24.1. The molecule has 12 aromatic carbocycles. The van der Waals surface area contributed by atoms with Crippen molar-refractivity contribution in [1.82, 2.24) is 4.57 Å². The van der Waals surface area contributed by atoms with Crippen LogP contribution in [0.4, 0.5) is 17.1 Å². The van der Waals surface area contributed by atoms with Crippen molar-refractivity contribution in [1.29, 1.82) is 10.5 Å². The van der Waals surface area contributed by atoms with Crippen molar-refractivity contribution in [3.63, 3.8) is 0 Å². The van der Waals surface area contributed by atoms with E-state index in [-0.39, 0.29) is 21.7 Å². The number of hydrogen-bond acceptors (Lipinski definition) is 4. The van der Waals surface area contributed by atoms with Gasteiger partial charge in [0.1, 0.15) is 0 Å². The normalized spacial score (nSPS) is 12.3. The van der Waals surface area contributed by atoms with E-state index in [1.807, 2.05) is 42.5 Å². The first kappa shape index (κ1) is 46.7. The molecule has 4 heterocycles. The summed E-state index contributed by atoms with van der Waals surface area (Å²) >= 11 is -0.226. The molecule has 0 fully saturated rings. The third kappa shape index (κ3) is 7.31. The Balaban J connectivity index is 1.03. The van der Waals surface area contributed by atoms with Gasteiger partial charge in [0.15, 0.2) is 0 Å². The molecular weight excluding hydrogens is 1050 g/mol. The molecule has 0 amide bonds. The van der Waals surface area contributed by atoms with Gasteiger partial charge in [-0.15, -0.1) is 0 Å². The van der Waals surface area contributed by atoms with E-state index in [4.69, 9.17) is 4.42 Å². The summed E-state index contributed by atoms with van der Waals surface area (Å²) in [6.45, 7) is -0.164. The van der Waals surface area contributed by atoms with E-state index in [1.165, 1.54) is 30.9 Å². The van der Waals surface area contributed by atoms with Gasteiger partial charge in [0.25, 0.3) is 0 Å². The van der Waals surface area contributed by atoms with Crippen LogP contribution in [0.15, 0.2) is 265 Å². The molecule has 374 valence electrons. The molecule has 0 spiro atoms. The number of nitriles is 2. The fraction of sp³-hybridized carbons (Fsp3) is 0. The second-order valence-electron chi connectivity index (χ2n) is 20.9. The van der Waals surface area contributed by atoms with Crippen molar-refractivity contribution in [2.24, 2.45) is 0 Å². The van der Waals surface area contributed by atoms with E-state index < -0.39 is 0 Å². The third-order valence-electron chi connectivity index (χ3n) is 16.5. The van der Waals surface area contributed by atoms with Crippen LogP contribution in [0.3, 0.4) is 0 Å².